The maximum absolute atomic E-state index is 12.4. The molecule has 5 heteroatoms. The van der Waals surface area contributed by atoms with Crippen LogP contribution in [0.3, 0.4) is 0 Å². The maximum atomic E-state index is 12.4. The number of rotatable bonds is 4. The Morgan fingerprint density at radius 1 is 1.00 bits per heavy atom. The zero-order chi connectivity index (χ0) is 15.5. The Hall–Kier alpha value is -2.14. The highest BCUT2D eigenvalue weighted by Crippen LogP contribution is 2.18. The Labute approximate surface area is 137 Å². The maximum Gasteiger partial charge on any atom is 0.325 e. The molecule has 0 aliphatic carbocycles. The zero-order valence-electron chi connectivity index (χ0n) is 11.8. The minimum Gasteiger partial charge on any atom is -0.325 e. The third-order valence-corrected chi connectivity index (χ3v) is 4.11. The van der Waals surface area contributed by atoms with Crippen LogP contribution in [-0.2, 0) is 17.8 Å². The number of halogens is 1. The van der Waals surface area contributed by atoms with Crippen molar-refractivity contribution in [2.45, 2.75) is 19.0 Å². The van der Waals surface area contributed by atoms with Crippen molar-refractivity contribution in [1.29, 1.82) is 0 Å². The van der Waals surface area contributed by atoms with E-state index in [0.29, 0.717) is 6.42 Å². The van der Waals surface area contributed by atoms with Crippen LogP contribution in [0, 0.1) is 0 Å². The van der Waals surface area contributed by atoms with Crippen LogP contribution in [0.1, 0.15) is 11.1 Å². The fraction of sp³-hybridized carbons (Fsp3) is 0.176. The van der Waals surface area contributed by atoms with Crippen molar-refractivity contribution in [1.82, 2.24) is 10.2 Å². The normalized spacial score (nSPS) is 17.7. The molecule has 1 atom stereocenters. The molecule has 1 aliphatic heterocycles. The predicted molar refractivity (Wildman–Crippen MR) is 87.2 cm³/mol. The number of amides is 3. The van der Waals surface area contributed by atoms with Gasteiger partial charge in [0.05, 0.1) is 6.54 Å². The first-order valence-electron chi connectivity index (χ1n) is 7.04. The van der Waals surface area contributed by atoms with Crippen LogP contribution in [-0.4, -0.2) is 22.9 Å². The van der Waals surface area contributed by atoms with Gasteiger partial charge in [-0.1, -0.05) is 58.4 Å². The first kappa shape index (κ1) is 14.8. The predicted octanol–water partition coefficient (Wildman–Crippen LogP) is 3.11. The molecule has 0 bridgehead atoms. The van der Waals surface area contributed by atoms with Crippen LogP contribution in [0.2, 0.25) is 0 Å². The largest absolute Gasteiger partial charge is 0.325 e. The van der Waals surface area contributed by atoms with Gasteiger partial charge in [-0.15, -0.1) is 0 Å². The molecule has 3 rings (SSSR count). The number of carbonyl (C=O) groups excluding carboxylic acids is 2. The molecule has 0 aromatic heterocycles. The second-order valence-electron chi connectivity index (χ2n) is 5.25. The SMILES string of the molecule is O=C1NC(Cc2ccccc2)C(=O)N1Cc1cccc(Br)c1. The van der Waals surface area contributed by atoms with Crippen LogP contribution in [0.25, 0.3) is 0 Å². The Morgan fingerprint density at radius 3 is 2.45 bits per heavy atom. The van der Waals surface area contributed by atoms with Gasteiger partial charge in [0.1, 0.15) is 6.04 Å². The molecular formula is C17H15BrN2O2. The number of nitrogens with zero attached hydrogens (tertiary/aromatic N) is 1. The molecule has 1 unspecified atom stereocenters. The van der Waals surface area contributed by atoms with Gasteiger partial charge in [0.15, 0.2) is 0 Å². The molecule has 1 fully saturated rings. The lowest BCUT2D eigenvalue weighted by Crippen LogP contribution is -2.32. The highest BCUT2D eigenvalue weighted by Gasteiger charge is 2.37. The molecule has 1 heterocycles. The van der Waals surface area contributed by atoms with E-state index in [4.69, 9.17) is 0 Å². The summed E-state index contributed by atoms with van der Waals surface area (Å²) >= 11 is 3.39. The molecular weight excluding hydrogens is 344 g/mol. The van der Waals surface area contributed by atoms with E-state index in [0.717, 1.165) is 15.6 Å². The number of hydrogen-bond donors (Lipinski definition) is 1. The first-order chi connectivity index (χ1) is 10.6. The molecule has 4 nitrogen and oxygen atoms in total. The number of hydrogen-bond acceptors (Lipinski definition) is 2. The lowest BCUT2D eigenvalue weighted by atomic mass is 10.1. The first-order valence-corrected chi connectivity index (χ1v) is 7.83. The van der Waals surface area contributed by atoms with Crippen molar-refractivity contribution in [2.24, 2.45) is 0 Å². The second-order valence-corrected chi connectivity index (χ2v) is 6.16. The highest BCUT2D eigenvalue weighted by atomic mass is 79.9. The summed E-state index contributed by atoms with van der Waals surface area (Å²) in [5.41, 5.74) is 1.95. The van der Waals surface area contributed by atoms with Gasteiger partial charge >= 0.3 is 6.03 Å². The van der Waals surface area contributed by atoms with E-state index >= 15 is 0 Å². The van der Waals surface area contributed by atoms with E-state index in [1.165, 1.54) is 4.90 Å². The Balaban J connectivity index is 1.71. The van der Waals surface area contributed by atoms with Crippen molar-refractivity contribution in [2.75, 3.05) is 0 Å². The molecule has 1 N–H and O–H groups in total. The molecule has 1 aliphatic rings. The van der Waals surface area contributed by atoms with Gasteiger partial charge in [-0.25, -0.2) is 4.79 Å². The third-order valence-electron chi connectivity index (χ3n) is 3.62. The average Bonchev–Trinajstić information content (AvgIpc) is 2.76. The molecule has 1 saturated heterocycles. The van der Waals surface area contributed by atoms with E-state index in [2.05, 4.69) is 21.2 Å². The molecule has 3 amide bonds. The zero-order valence-corrected chi connectivity index (χ0v) is 13.4. The fourth-order valence-electron chi connectivity index (χ4n) is 2.53. The van der Waals surface area contributed by atoms with Crippen molar-refractivity contribution in [3.8, 4) is 0 Å². The standard InChI is InChI=1S/C17H15BrN2O2/c18-14-8-4-7-13(9-14)11-20-16(21)15(19-17(20)22)10-12-5-2-1-3-6-12/h1-9,15H,10-11H2,(H,19,22). The molecule has 2 aromatic carbocycles. The molecule has 0 radical (unpaired) electrons. The molecule has 0 spiro atoms. The number of benzene rings is 2. The third kappa shape index (κ3) is 3.20. The van der Waals surface area contributed by atoms with Crippen LogP contribution < -0.4 is 5.32 Å². The summed E-state index contributed by atoms with van der Waals surface area (Å²) in [7, 11) is 0. The Morgan fingerprint density at radius 2 is 1.73 bits per heavy atom. The van der Waals surface area contributed by atoms with E-state index in [9.17, 15) is 9.59 Å². The van der Waals surface area contributed by atoms with Crippen LogP contribution in [0.15, 0.2) is 59.1 Å². The number of nitrogens with one attached hydrogen (secondary N) is 1. The monoisotopic (exact) mass is 358 g/mol. The quantitative estimate of drug-likeness (QED) is 0.853. The van der Waals surface area contributed by atoms with Crippen molar-refractivity contribution in [3.63, 3.8) is 0 Å². The summed E-state index contributed by atoms with van der Waals surface area (Å²) in [6.45, 7) is 0.287. The van der Waals surface area contributed by atoms with Crippen LogP contribution in [0.4, 0.5) is 4.79 Å². The molecule has 2 aromatic rings. The van der Waals surface area contributed by atoms with E-state index in [1.807, 2.05) is 54.6 Å². The van der Waals surface area contributed by atoms with Crippen LogP contribution in [0.5, 0.6) is 0 Å². The van der Waals surface area contributed by atoms with Gasteiger partial charge in [0, 0.05) is 10.9 Å². The van der Waals surface area contributed by atoms with Gasteiger partial charge < -0.3 is 5.32 Å². The van der Waals surface area contributed by atoms with Crippen molar-refractivity contribution < 1.29 is 9.59 Å². The summed E-state index contributed by atoms with van der Waals surface area (Å²) < 4.78 is 0.929. The molecule has 22 heavy (non-hydrogen) atoms. The fourth-order valence-corrected chi connectivity index (χ4v) is 2.98. The number of carbonyl (C=O) groups is 2. The number of imide groups is 1. The summed E-state index contributed by atoms with van der Waals surface area (Å²) in [4.78, 5) is 25.8. The topological polar surface area (TPSA) is 49.4 Å². The smallest absolute Gasteiger partial charge is 0.325 e. The summed E-state index contributed by atoms with van der Waals surface area (Å²) in [6.07, 6.45) is 0.514. The average molecular weight is 359 g/mol. The van der Waals surface area contributed by atoms with Crippen molar-refractivity contribution >= 4 is 27.9 Å². The van der Waals surface area contributed by atoms with Gasteiger partial charge in [-0.3, -0.25) is 9.69 Å². The van der Waals surface area contributed by atoms with E-state index in [-0.39, 0.29) is 18.5 Å². The molecule has 0 saturated carbocycles. The minimum atomic E-state index is -0.484. The summed E-state index contributed by atoms with van der Waals surface area (Å²) in [5, 5.41) is 2.76. The summed E-state index contributed by atoms with van der Waals surface area (Å²) in [6, 6.07) is 16.5. The molecule has 112 valence electrons. The minimum absolute atomic E-state index is 0.172. The van der Waals surface area contributed by atoms with Gasteiger partial charge in [0.2, 0.25) is 0 Å². The van der Waals surface area contributed by atoms with Crippen LogP contribution >= 0.6 is 15.9 Å². The Bertz CT molecular complexity index is 703. The summed E-state index contributed by atoms with van der Waals surface area (Å²) in [5.74, 6) is -0.172. The van der Waals surface area contributed by atoms with E-state index < -0.39 is 6.04 Å². The number of urea groups is 1. The Kier molecular flexibility index (Phi) is 4.24. The lowest BCUT2D eigenvalue weighted by molar-refractivity contribution is -0.127. The van der Waals surface area contributed by atoms with Gasteiger partial charge in [-0.2, -0.15) is 0 Å². The highest BCUT2D eigenvalue weighted by molar-refractivity contribution is 9.10. The lowest BCUT2D eigenvalue weighted by Gasteiger charge is -2.13. The van der Waals surface area contributed by atoms with Gasteiger partial charge in [-0.05, 0) is 23.3 Å². The van der Waals surface area contributed by atoms with E-state index in [1.54, 1.807) is 0 Å². The second kappa shape index (κ2) is 6.32. The van der Waals surface area contributed by atoms with Gasteiger partial charge in [0.25, 0.3) is 5.91 Å². The van der Waals surface area contributed by atoms with Crippen molar-refractivity contribution in [3.05, 3.63) is 70.2 Å².